The zero-order valence-corrected chi connectivity index (χ0v) is 21.2. The van der Waals surface area contributed by atoms with Crippen LogP contribution in [0.3, 0.4) is 0 Å². The molecule has 0 bridgehead atoms. The molecule has 1 N–H and O–H groups in total. The number of halogens is 1. The Labute approximate surface area is 210 Å². The van der Waals surface area contributed by atoms with Gasteiger partial charge in [-0.1, -0.05) is 12.1 Å². The SMILES string of the molecule is CCOc1cc([C@@H](CC(C)=O)N2C(=O)c3cccc(NC(=O)CN(C)C)c3C2=O)ccc1OC.Cl. The number of Topliss-reactive ketones (excluding diaryl/α,β-unsaturated/α-hetero) is 1. The lowest BCUT2D eigenvalue weighted by molar-refractivity contribution is -0.118. The van der Waals surface area contributed by atoms with Crippen LogP contribution in [-0.2, 0) is 9.59 Å². The Bertz CT molecular complexity index is 1130. The molecule has 3 amide bonds. The Morgan fingerprint density at radius 3 is 2.40 bits per heavy atom. The van der Waals surface area contributed by atoms with E-state index in [1.165, 1.54) is 14.0 Å². The maximum atomic E-state index is 13.5. The molecule has 35 heavy (non-hydrogen) atoms. The van der Waals surface area contributed by atoms with Crippen LogP contribution in [0.1, 0.15) is 52.6 Å². The highest BCUT2D eigenvalue weighted by Gasteiger charge is 2.42. The average Bonchev–Trinajstić information content (AvgIpc) is 3.02. The lowest BCUT2D eigenvalue weighted by atomic mass is 9.99. The third-order valence-corrected chi connectivity index (χ3v) is 5.35. The average molecular weight is 504 g/mol. The summed E-state index contributed by atoms with van der Waals surface area (Å²) >= 11 is 0. The monoisotopic (exact) mass is 503 g/mol. The molecule has 0 saturated carbocycles. The number of likely N-dealkylation sites (N-methyl/N-ethyl adjacent to an activating group) is 1. The van der Waals surface area contributed by atoms with Crippen molar-refractivity contribution in [3.8, 4) is 11.5 Å². The van der Waals surface area contributed by atoms with E-state index in [1.807, 2.05) is 6.92 Å². The molecule has 0 aliphatic carbocycles. The fraction of sp³-hybridized carbons (Fsp3) is 0.360. The Morgan fingerprint density at radius 2 is 1.80 bits per heavy atom. The first kappa shape index (κ1) is 27.8. The number of hydrogen-bond acceptors (Lipinski definition) is 7. The van der Waals surface area contributed by atoms with Crippen molar-refractivity contribution >= 4 is 41.6 Å². The van der Waals surface area contributed by atoms with Crippen LogP contribution >= 0.6 is 12.4 Å². The van der Waals surface area contributed by atoms with Crippen LogP contribution in [0.2, 0.25) is 0 Å². The molecule has 0 fully saturated rings. The number of hydrogen-bond donors (Lipinski definition) is 1. The van der Waals surface area contributed by atoms with Gasteiger partial charge in [0.1, 0.15) is 5.78 Å². The van der Waals surface area contributed by atoms with Crippen molar-refractivity contribution in [2.45, 2.75) is 26.3 Å². The van der Waals surface area contributed by atoms with Gasteiger partial charge in [-0.15, -0.1) is 12.4 Å². The Morgan fingerprint density at radius 1 is 1.09 bits per heavy atom. The lowest BCUT2D eigenvalue weighted by Gasteiger charge is -2.26. The van der Waals surface area contributed by atoms with Crippen LogP contribution in [0.5, 0.6) is 11.5 Å². The second-order valence-corrected chi connectivity index (χ2v) is 8.26. The molecule has 0 radical (unpaired) electrons. The number of anilines is 1. The van der Waals surface area contributed by atoms with E-state index in [0.717, 1.165) is 4.90 Å². The molecule has 10 heteroatoms. The molecule has 1 aliphatic rings. The summed E-state index contributed by atoms with van der Waals surface area (Å²) < 4.78 is 11.0. The molecule has 0 aromatic heterocycles. The standard InChI is InChI=1S/C25H29N3O6.ClH/c1-6-34-21-13-16(10-11-20(21)33-5)19(12-15(2)29)28-24(31)17-8-7-9-18(23(17)25(28)32)26-22(30)14-27(3)4;/h7-11,13,19H,6,12,14H2,1-5H3,(H,26,30);1H/t19-;/m1./s1. The Hall–Kier alpha value is -3.43. The molecule has 2 aromatic rings. The summed E-state index contributed by atoms with van der Waals surface area (Å²) in [6, 6.07) is 8.96. The van der Waals surface area contributed by atoms with Gasteiger partial charge in [0.15, 0.2) is 11.5 Å². The van der Waals surface area contributed by atoms with E-state index >= 15 is 0 Å². The van der Waals surface area contributed by atoms with Gasteiger partial charge in [0, 0.05) is 6.42 Å². The number of carbonyl (C=O) groups is 4. The number of nitrogens with one attached hydrogen (secondary N) is 1. The van der Waals surface area contributed by atoms with Crippen LogP contribution in [0, 0.1) is 0 Å². The van der Waals surface area contributed by atoms with Crippen molar-refractivity contribution in [2.24, 2.45) is 0 Å². The molecule has 2 aromatic carbocycles. The van der Waals surface area contributed by atoms with Crippen molar-refractivity contribution in [3.63, 3.8) is 0 Å². The molecule has 188 valence electrons. The molecule has 3 rings (SSSR count). The molecule has 1 aliphatic heterocycles. The summed E-state index contributed by atoms with van der Waals surface area (Å²) in [5, 5.41) is 2.72. The van der Waals surface area contributed by atoms with Crippen LogP contribution in [0.15, 0.2) is 36.4 Å². The fourth-order valence-electron chi connectivity index (χ4n) is 3.97. The number of methoxy groups -OCH3 is 1. The van der Waals surface area contributed by atoms with Crippen molar-refractivity contribution in [3.05, 3.63) is 53.1 Å². The second-order valence-electron chi connectivity index (χ2n) is 8.26. The predicted molar refractivity (Wildman–Crippen MR) is 134 cm³/mol. The van der Waals surface area contributed by atoms with Crippen LogP contribution in [0.4, 0.5) is 5.69 Å². The van der Waals surface area contributed by atoms with Crippen molar-refractivity contribution < 1.29 is 28.7 Å². The summed E-state index contributed by atoms with van der Waals surface area (Å²) in [6.45, 7) is 3.75. The van der Waals surface area contributed by atoms with Gasteiger partial charge in [-0.2, -0.15) is 0 Å². The van der Waals surface area contributed by atoms with Gasteiger partial charge in [0.25, 0.3) is 11.8 Å². The number of carbonyl (C=O) groups excluding carboxylic acids is 4. The van der Waals surface area contributed by atoms with Crippen LogP contribution in [-0.4, -0.2) is 67.7 Å². The van der Waals surface area contributed by atoms with E-state index in [9.17, 15) is 19.2 Å². The van der Waals surface area contributed by atoms with E-state index in [-0.39, 0.29) is 53.9 Å². The molecule has 0 unspecified atom stereocenters. The van der Waals surface area contributed by atoms with Crippen molar-refractivity contribution in [1.82, 2.24) is 9.80 Å². The summed E-state index contributed by atoms with van der Waals surface area (Å²) in [6.07, 6.45) is -0.0638. The van der Waals surface area contributed by atoms with E-state index < -0.39 is 17.9 Å². The van der Waals surface area contributed by atoms with E-state index in [4.69, 9.17) is 9.47 Å². The molecular weight excluding hydrogens is 474 g/mol. The minimum atomic E-state index is -0.847. The molecular formula is C25H30ClN3O6. The third-order valence-electron chi connectivity index (χ3n) is 5.35. The Kier molecular flexibility index (Phi) is 9.39. The fourth-order valence-corrected chi connectivity index (χ4v) is 3.97. The van der Waals surface area contributed by atoms with Crippen LogP contribution < -0.4 is 14.8 Å². The third kappa shape index (κ3) is 5.98. The maximum Gasteiger partial charge on any atom is 0.264 e. The highest BCUT2D eigenvalue weighted by Crippen LogP contribution is 2.39. The second kappa shape index (κ2) is 11.8. The number of benzene rings is 2. The number of nitrogens with zero attached hydrogens (tertiary/aromatic N) is 2. The molecule has 0 spiro atoms. The quantitative estimate of drug-likeness (QED) is 0.496. The van der Waals surface area contributed by atoms with E-state index in [2.05, 4.69) is 5.32 Å². The summed E-state index contributed by atoms with van der Waals surface area (Å²) in [4.78, 5) is 54.2. The molecule has 1 atom stereocenters. The molecule has 9 nitrogen and oxygen atoms in total. The minimum absolute atomic E-state index is 0. The van der Waals surface area contributed by atoms with Crippen molar-refractivity contribution in [1.29, 1.82) is 0 Å². The predicted octanol–water partition coefficient (Wildman–Crippen LogP) is 3.33. The summed E-state index contributed by atoms with van der Waals surface area (Å²) in [5.41, 5.74) is 1.12. The zero-order valence-electron chi connectivity index (χ0n) is 20.4. The van der Waals surface area contributed by atoms with Gasteiger partial charge >= 0.3 is 0 Å². The zero-order chi connectivity index (χ0) is 25.0. The van der Waals surface area contributed by atoms with Gasteiger partial charge in [0.05, 0.1) is 43.1 Å². The first-order valence-electron chi connectivity index (χ1n) is 10.9. The lowest BCUT2D eigenvalue weighted by Crippen LogP contribution is -2.35. The van der Waals surface area contributed by atoms with Gasteiger partial charge in [-0.25, -0.2) is 0 Å². The number of fused-ring (bicyclic) bond motifs is 1. The molecule has 1 heterocycles. The highest BCUT2D eigenvalue weighted by molar-refractivity contribution is 6.24. The maximum absolute atomic E-state index is 13.5. The number of imide groups is 1. The van der Waals surface area contributed by atoms with Gasteiger partial charge in [-0.05, 0) is 57.8 Å². The first-order chi connectivity index (χ1) is 16.2. The highest BCUT2D eigenvalue weighted by atomic mass is 35.5. The number of amides is 3. The summed E-state index contributed by atoms with van der Waals surface area (Å²) in [5.74, 6) is -0.641. The topological polar surface area (TPSA) is 105 Å². The summed E-state index contributed by atoms with van der Waals surface area (Å²) in [7, 11) is 5.02. The van der Waals surface area contributed by atoms with E-state index in [0.29, 0.717) is 23.7 Å². The normalized spacial score (nSPS) is 13.3. The number of ether oxygens (including phenoxy) is 2. The number of ketones is 1. The largest absolute Gasteiger partial charge is 0.493 e. The van der Waals surface area contributed by atoms with Gasteiger partial charge in [-0.3, -0.25) is 24.1 Å². The van der Waals surface area contributed by atoms with Gasteiger partial charge in [0.2, 0.25) is 5.91 Å². The smallest absolute Gasteiger partial charge is 0.264 e. The minimum Gasteiger partial charge on any atom is -0.493 e. The Balaban J connectivity index is 0.00000432. The van der Waals surface area contributed by atoms with Crippen molar-refractivity contribution in [2.75, 3.05) is 39.7 Å². The number of rotatable bonds is 10. The van der Waals surface area contributed by atoms with Gasteiger partial charge < -0.3 is 19.7 Å². The van der Waals surface area contributed by atoms with E-state index in [1.54, 1.807) is 55.4 Å². The molecule has 0 saturated heterocycles. The first-order valence-corrected chi connectivity index (χ1v) is 10.9. The van der Waals surface area contributed by atoms with Crippen LogP contribution in [0.25, 0.3) is 0 Å².